The van der Waals surface area contributed by atoms with Gasteiger partial charge >= 0.3 is 0 Å². The minimum Gasteiger partial charge on any atom is -0.197 e. The Morgan fingerprint density at radius 3 is 1.24 bits per heavy atom. The fraction of sp³-hybridized carbons (Fsp3) is 0.233. The van der Waals surface area contributed by atoms with Crippen LogP contribution in [-0.2, 0) is 16.2 Å². The van der Waals surface area contributed by atoms with Crippen LogP contribution in [0.15, 0.2) is 90.0 Å². The van der Waals surface area contributed by atoms with Gasteiger partial charge in [0, 0.05) is 0 Å². The Hall–Kier alpha value is -4.13. The molecule has 0 unspecified atom stereocenters. The van der Waals surface area contributed by atoms with Gasteiger partial charge in [-0.05, 0) is 53.5 Å². The van der Waals surface area contributed by atoms with Crippen LogP contribution in [0.25, 0.3) is 0 Å². The van der Waals surface area contributed by atoms with Crippen LogP contribution >= 0.6 is 0 Å². The van der Waals surface area contributed by atoms with Gasteiger partial charge in [0.2, 0.25) is 0 Å². The Kier molecular flexibility index (Phi) is 3.96. The summed E-state index contributed by atoms with van der Waals surface area (Å²) < 4.78 is 0. The van der Waals surface area contributed by atoms with Crippen LogP contribution < -0.4 is 0 Å². The highest BCUT2D eigenvalue weighted by atomic mass is 14.6. The predicted octanol–water partition coefficient (Wildman–Crippen LogP) is 5.97. The molecule has 0 amide bonds. The second-order valence-corrected chi connectivity index (χ2v) is 9.60. The van der Waals surface area contributed by atoms with Gasteiger partial charge in [0.15, 0.2) is 0 Å². The van der Waals surface area contributed by atoms with Gasteiger partial charge in [-0.2, -0.15) is 15.8 Å². The molecule has 0 atom stereocenters. The summed E-state index contributed by atoms with van der Waals surface area (Å²) in [5.74, 6) is 0. The molecule has 0 aliphatic heterocycles. The molecule has 0 saturated carbocycles. The molecule has 156 valence electrons. The third-order valence-corrected chi connectivity index (χ3v) is 8.10. The molecular weight excluding hydrogens is 402 g/mol. The number of rotatable bonds is 1. The molecule has 0 saturated heterocycles. The van der Waals surface area contributed by atoms with Crippen molar-refractivity contribution >= 4 is 0 Å². The lowest BCUT2D eigenvalue weighted by Crippen LogP contribution is -2.43. The second-order valence-electron chi connectivity index (χ2n) is 9.60. The molecule has 3 aromatic carbocycles. The molecule has 4 aliphatic rings. The lowest BCUT2D eigenvalue weighted by molar-refractivity contribution is 0.513. The van der Waals surface area contributed by atoms with Crippen LogP contribution in [0.5, 0.6) is 0 Å². The fourth-order valence-corrected chi connectivity index (χ4v) is 6.61. The summed E-state index contributed by atoms with van der Waals surface area (Å²) in [6.07, 6.45) is 2.34. The van der Waals surface area contributed by atoms with E-state index in [-0.39, 0.29) is 0 Å². The number of nitrogens with zero attached hydrogens (tertiary/aromatic N) is 3. The first-order valence-corrected chi connectivity index (χ1v) is 11.3. The highest BCUT2D eigenvalue weighted by molar-refractivity contribution is 5.68. The smallest absolute Gasteiger partial charge is 0.111 e. The Morgan fingerprint density at radius 2 is 0.879 bits per heavy atom. The summed E-state index contributed by atoms with van der Waals surface area (Å²) in [7, 11) is 0. The Morgan fingerprint density at radius 1 is 0.485 bits per heavy atom. The normalized spacial score (nSPS) is 28.9. The van der Waals surface area contributed by atoms with Gasteiger partial charge in [-0.3, -0.25) is 0 Å². The van der Waals surface area contributed by atoms with Gasteiger partial charge in [-0.15, -0.1) is 0 Å². The van der Waals surface area contributed by atoms with Crippen molar-refractivity contribution in [3.8, 4) is 18.2 Å². The SMILES string of the molecule is N#CC1(c2ccccc2)CC2=C(C1)CC1(C#N)c3ccccc3C(C#N)(C2)c2ccccc21. The first-order chi connectivity index (χ1) is 16.1. The third-order valence-electron chi connectivity index (χ3n) is 8.10. The van der Waals surface area contributed by atoms with Crippen molar-refractivity contribution in [2.24, 2.45) is 0 Å². The fourth-order valence-electron chi connectivity index (χ4n) is 6.61. The number of hydrogen-bond acceptors (Lipinski definition) is 3. The molecule has 0 N–H and O–H groups in total. The molecule has 0 heterocycles. The lowest BCUT2D eigenvalue weighted by atomic mass is 9.53. The van der Waals surface area contributed by atoms with Crippen molar-refractivity contribution in [1.29, 1.82) is 15.8 Å². The van der Waals surface area contributed by atoms with Crippen LogP contribution in [0, 0.1) is 34.0 Å². The van der Waals surface area contributed by atoms with E-state index in [1.54, 1.807) is 0 Å². The first-order valence-electron chi connectivity index (χ1n) is 11.3. The first kappa shape index (κ1) is 19.5. The molecular formula is C30H21N3. The van der Waals surface area contributed by atoms with Gasteiger partial charge in [0.25, 0.3) is 0 Å². The highest BCUT2D eigenvalue weighted by Crippen LogP contribution is 2.60. The zero-order valence-corrected chi connectivity index (χ0v) is 18.2. The molecule has 3 heteroatoms. The maximum Gasteiger partial charge on any atom is 0.111 e. The van der Waals surface area contributed by atoms with E-state index in [1.807, 2.05) is 78.9 Å². The van der Waals surface area contributed by atoms with Crippen molar-refractivity contribution < 1.29 is 0 Å². The maximum absolute atomic E-state index is 10.7. The molecule has 2 bridgehead atoms. The van der Waals surface area contributed by atoms with Crippen LogP contribution in [0.1, 0.15) is 53.5 Å². The van der Waals surface area contributed by atoms with Crippen molar-refractivity contribution in [2.45, 2.75) is 41.9 Å². The monoisotopic (exact) mass is 423 g/mol. The van der Waals surface area contributed by atoms with Crippen molar-refractivity contribution in [3.63, 3.8) is 0 Å². The molecule has 4 aliphatic carbocycles. The summed E-state index contributed by atoms with van der Waals surface area (Å²) in [6, 6.07) is 34.0. The molecule has 3 aromatic rings. The lowest BCUT2D eigenvalue weighted by Gasteiger charge is -2.46. The molecule has 33 heavy (non-hydrogen) atoms. The second kappa shape index (κ2) is 6.68. The van der Waals surface area contributed by atoms with E-state index in [9.17, 15) is 15.8 Å². The maximum atomic E-state index is 10.7. The topological polar surface area (TPSA) is 71.4 Å². The molecule has 3 nitrogen and oxygen atoms in total. The standard InChI is InChI=1S/C30H21N3/c31-18-28(23-8-2-1-3-9-23)14-21-16-29(19-32)24-10-4-5-11-25(24)30(20-33,17-22(21)15-28)27-13-7-6-12-26(27)29/h1-13H,14-17H2. The summed E-state index contributed by atoms with van der Waals surface area (Å²) in [4.78, 5) is 0. The molecule has 0 aromatic heterocycles. The largest absolute Gasteiger partial charge is 0.197 e. The van der Waals surface area contributed by atoms with Gasteiger partial charge < -0.3 is 0 Å². The number of benzene rings is 3. The number of hydrogen-bond donors (Lipinski definition) is 0. The Bertz CT molecular complexity index is 1330. The van der Waals surface area contributed by atoms with Crippen molar-refractivity contribution in [2.75, 3.05) is 0 Å². The Balaban J connectivity index is 1.62. The van der Waals surface area contributed by atoms with Gasteiger partial charge in [-0.1, -0.05) is 90.0 Å². The van der Waals surface area contributed by atoms with E-state index in [4.69, 9.17) is 0 Å². The van der Waals surface area contributed by atoms with Crippen LogP contribution in [0.2, 0.25) is 0 Å². The van der Waals surface area contributed by atoms with Crippen LogP contribution in [0.3, 0.4) is 0 Å². The Labute approximate surface area is 193 Å². The number of allylic oxidation sites excluding steroid dienone is 2. The summed E-state index contributed by atoms with van der Waals surface area (Å²) in [6.45, 7) is 0. The van der Waals surface area contributed by atoms with Gasteiger partial charge in [0.05, 0.1) is 23.6 Å². The summed E-state index contributed by atoms with van der Waals surface area (Å²) >= 11 is 0. The van der Waals surface area contributed by atoms with Crippen molar-refractivity contribution in [1.82, 2.24) is 0 Å². The van der Waals surface area contributed by atoms with Crippen LogP contribution in [-0.4, -0.2) is 0 Å². The van der Waals surface area contributed by atoms with E-state index in [2.05, 4.69) is 18.2 Å². The zero-order valence-electron chi connectivity index (χ0n) is 18.2. The minimum absolute atomic E-state index is 0.560. The van der Waals surface area contributed by atoms with E-state index < -0.39 is 16.2 Å². The van der Waals surface area contributed by atoms with Crippen LogP contribution in [0.4, 0.5) is 0 Å². The molecule has 0 spiro atoms. The van der Waals surface area contributed by atoms with Crippen molar-refractivity contribution in [3.05, 3.63) is 118 Å². The summed E-state index contributed by atoms with van der Waals surface area (Å²) in [5.41, 5.74) is 4.73. The minimum atomic E-state index is -0.864. The molecule has 0 fully saturated rings. The van der Waals surface area contributed by atoms with Gasteiger partial charge in [0.1, 0.15) is 10.8 Å². The van der Waals surface area contributed by atoms with E-state index in [0.29, 0.717) is 25.7 Å². The van der Waals surface area contributed by atoms with Gasteiger partial charge in [-0.25, -0.2) is 0 Å². The third kappa shape index (κ3) is 2.36. The number of nitriles is 3. The predicted molar refractivity (Wildman–Crippen MR) is 125 cm³/mol. The van der Waals surface area contributed by atoms with E-state index in [1.165, 1.54) is 11.1 Å². The average molecular weight is 424 g/mol. The summed E-state index contributed by atoms with van der Waals surface area (Å²) in [5, 5.41) is 31.9. The quantitative estimate of drug-likeness (QED) is 0.453. The van der Waals surface area contributed by atoms with E-state index >= 15 is 0 Å². The highest BCUT2D eigenvalue weighted by Gasteiger charge is 2.56. The average Bonchev–Trinajstić information content (AvgIpc) is 3.22. The molecule has 0 radical (unpaired) electrons. The van der Waals surface area contributed by atoms with E-state index in [0.717, 1.165) is 27.8 Å². The zero-order chi connectivity index (χ0) is 22.7. The molecule has 7 rings (SSSR count).